The Morgan fingerprint density at radius 3 is 2.50 bits per heavy atom. The smallest absolute Gasteiger partial charge is 0.239 e. The first-order valence-corrected chi connectivity index (χ1v) is 7.31. The summed E-state index contributed by atoms with van der Waals surface area (Å²) in [6.45, 7) is 6.00. The van der Waals surface area contributed by atoms with E-state index in [1.165, 1.54) is 12.1 Å². The molecule has 7 heteroatoms. The SMILES string of the molecule is C=C(C)CCOc1ccc(S(N)(=O)=O)c(Cl)c1Cl. The second-order valence-corrected chi connectivity index (χ2v) is 6.08. The summed E-state index contributed by atoms with van der Waals surface area (Å²) in [5.74, 6) is 0.315. The van der Waals surface area contributed by atoms with Crippen LogP contribution >= 0.6 is 23.2 Å². The third-order valence-electron chi connectivity index (χ3n) is 2.10. The highest BCUT2D eigenvalue weighted by atomic mass is 35.5. The minimum absolute atomic E-state index is 0.0323. The molecule has 18 heavy (non-hydrogen) atoms. The maximum atomic E-state index is 11.2. The van der Waals surface area contributed by atoms with Crippen molar-refractivity contribution in [1.82, 2.24) is 0 Å². The first kappa shape index (κ1) is 15.3. The molecule has 0 saturated heterocycles. The molecular weight excluding hydrogens is 297 g/mol. The van der Waals surface area contributed by atoms with Gasteiger partial charge in [0.2, 0.25) is 10.0 Å². The van der Waals surface area contributed by atoms with Crippen LogP contribution in [0.5, 0.6) is 5.75 Å². The number of hydrogen-bond acceptors (Lipinski definition) is 3. The molecule has 0 aromatic heterocycles. The monoisotopic (exact) mass is 309 g/mol. The molecule has 0 heterocycles. The minimum Gasteiger partial charge on any atom is -0.492 e. The van der Waals surface area contributed by atoms with Crippen LogP contribution < -0.4 is 9.88 Å². The number of rotatable bonds is 5. The second kappa shape index (κ2) is 5.93. The maximum Gasteiger partial charge on any atom is 0.239 e. The summed E-state index contributed by atoms with van der Waals surface area (Å²) in [6, 6.07) is 2.69. The van der Waals surface area contributed by atoms with Crippen molar-refractivity contribution in [2.45, 2.75) is 18.2 Å². The van der Waals surface area contributed by atoms with E-state index in [2.05, 4.69) is 6.58 Å². The van der Waals surface area contributed by atoms with Gasteiger partial charge >= 0.3 is 0 Å². The van der Waals surface area contributed by atoms with Gasteiger partial charge < -0.3 is 4.74 Å². The fourth-order valence-electron chi connectivity index (χ4n) is 1.18. The second-order valence-electron chi connectivity index (χ2n) is 3.79. The van der Waals surface area contributed by atoms with Gasteiger partial charge in [0.05, 0.1) is 11.6 Å². The highest BCUT2D eigenvalue weighted by Gasteiger charge is 2.18. The number of nitrogens with two attached hydrogens (primary N) is 1. The number of ether oxygens (including phenoxy) is 1. The van der Waals surface area contributed by atoms with E-state index in [4.69, 9.17) is 33.1 Å². The molecule has 0 atom stereocenters. The van der Waals surface area contributed by atoms with Crippen LogP contribution in [0.3, 0.4) is 0 Å². The predicted octanol–water partition coefficient (Wildman–Crippen LogP) is 2.99. The summed E-state index contributed by atoms with van der Waals surface area (Å²) < 4.78 is 27.8. The van der Waals surface area contributed by atoms with Crippen molar-refractivity contribution in [3.8, 4) is 5.75 Å². The Morgan fingerprint density at radius 1 is 1.39 bits per heavy atom. The summed E-state index contributed by atoms with van der Waals surface area (Å²) in [4.78, 5) is -0.221. The molecule has 0 aliphatic carbocycles. The van der Waals surface area contributed by atoms with E-state index < -0.39 is 10.0 Å². The summed E-state index contributed by atoms with van der Waals surface area (Å²) in [7, 11) is -3.89. The van der Waals surface area contributed by atoms with Crippen molar-refractivity contribution in [1.29, 1.82) is 0 Å². The van der Waals surface area contributed by atoms with Crippen LogP contribution in [0.2, 0.25) is 10.0 Å². The minimum atomic E-state index is -3.89. The quantitative estimate of drug-likeness (QED) is 0.850. The van der Waals surface area contributed by atoms with Crippen LogP contribution in [0, 0.1) is 0 Å². The van der Waals surface area contributed by atoms with E-state index in [1.807, 2.05) is 6.92 Å². The van der Waals surface area contributed by atoms with Crippen LogP contribution in [0.1, 0.15) is 13.3 Å². The van der Waals surface area contributed by atoms with Crippen LogP contribution in [0.15, 0.2) is 29.2 Å². The topological polar surface area (TPSA) is 69.4 Å². The zero-order chi connectivity index (χ0) is 13.9. The zero-order valence-electron chi connectivity index (χ0n) is 9.74. The molecule has 1 aromatic carbocycles. The molecule has 0 bridgehead atoms. The first-order chi connectivity index (χ1) is 8.23. The third-order valence-corrected chi connectivity index (χ3v) is 4.03. The number of hydrogen-bond donors (Lipinski definition) is 1. The Labute approximate surface area is 116 Å². The molecule has 100 valence electrons. The molecule has 0 aliphatic rings. The molecule has 1 rings (SSSR count). The van der Waals surface area contributed by atoms with E-state index in [0.717, 1.165) is 5.57 Å². The lowest BCUT2D eigenvalue weighted by Crippen LogP contribution is -2.13. The average molecular weight is 310 g/mol. The van der Waals surface area contributed by atoms with Gasteiger partial charge in [-0.3, -0.25) is 0 Å². The highest BCUT2D eigenvalue weighted by Crippen LogP contribution is 2.36. The van der Waals surface area contributed by atoms with Gasteiger partial charge in [-0.25, -0.2) is 13.6 Å². The summed E-state index contributed by atoms with van der Waals surface area (Å²) in [5, 5.41) is 4.89. The van der Waals surface area contributed by atoms with E-state index >= 15 is 0 Å². The summed E-state index contributed by atoms with van der Waals surface area (Å²) >= 11 is 11.8. The summed E-state index contributed by atoms with van der Waals surface area (Å²) in [5.41, 5.74) is 0.971. The molecule has 0 fully saturated rings. The number of sulfonamides is 1. The van der Waals surface area contributed by atoms with Gasteiger partial charge in [-0.1, -0.05) is 28.8 Å². The van der Waals surface area contributed by atoms with Gasteiger partial charge in [-0.2, -0.15) is 0 Å². The molecule has 0 unspecified atom stereocenters. The molecule has 1 aromatic rings. The van der Waals surface area contributed by atoms with Gasteiger partial charge in [0, 0.05) is 6.42 Å². The molecule has 0 spiro atoms. The third kappa shape index (κ3) is 3.88. The Bertz CT molecular complexity index is 570. The molecule has 4 nitrogen and oxygen atoms in total. The summed E-state index contributed by atoms with van der Waals surface area (Å²) in [6.07, 6.45) is 0.672. The van der Waals surface area contributed by atoms with Crippen molar-refractivity contribution in [2.75, 3.05) is 6.61 Å². The van der Waals surface area contributed by atoms with E-state index in [0.29, 0.717) is 18.8 Å². The Hall–Kier alpha value is -0.750. The van der Waals surface area contributed by atoms with Crippen molar-refractivity contribution < 1.29 is 13.2 Å². The molecule has 0 aliphatic heterocycles. The lowest BCUT2D eigenvalue weighted by atomic mass is 10.2. The number of primary sulfonamides is 1. The maximum absolute atomic E-state index is 11.2. The predicted molar refractivity (Wildman–Crippen MR) is 72.8 cm³/mol. The van der Waals surface area contributed by atoms with Gasteiger partial charge in [-0.05, 0) is 19.1 Å². The first-order valence-electron chi connectivity index (χ1n) is 5.01. The molecule has 2 N–H and O–H groups in total. The van der Waals surface area contributed by atoms with Crippen molar-refractivity contribution >= 4 is 33.2 Å². The van der Waals surface area contributed by atoms with Gasteiger partial charge in [-0.15, -0.1) is 6.58 Å². The average Bonchev–Trinajstić information content (AvgIpc) is 2.22. The molecule has 0 amide bonds. The van der Waals surface area contributed by atoms with Crippen molar-refractivity contribution in [2.24, 2.45) is 5.14 Å². The lowest BCUT2D eigenvalue weighted by Gasteiger charge is -2.11. The number of halogens is 2. The normalized spacial score (nSPS) is 11.3. The Morgan fingerprint density at radius 2 is 2.00 bits per heavy atom. The van der Waals surface area contributed by atoms with Crippen LogP contribution in [0.25, 0.3) is 0 Å². The standard InChI is InChI=1S/C11H13Cl2NO3S/c1-7(2)5-6-17-8-3-4-9(18(14,15)16)11(13)10(8)12/h3-4H,1,5-6H2,2H3,(H2,14,15,16). The van der Waals surface area contributed by atoms with Crippen LogP contribution in [0.4, 0.5) is 0 Å². The van der Waals surface area contributed by atoms with E-state index in [1.54, 1.807) is 0 Å². The largest absolute Gasteiger partial charge is 0.492 e. The van der Waals surface area contributed by atoms with Crippen molar-refractivity contribution in [3.63, 3.8) is 0 Å². The van der Waals surface area contributed by atoms with E-state index in [-0.39, 0.29) is 14.9 Å². The van der Waals surface area contributed by atoms with Crippen molar-refractivity contribution in [3.05, 3.63) is 34.3 Å². The molecule has 0 radical (unpaired) electrons. The molecular formula is C11H13Cl2NO3S. The number of benzene rings is 1. The zero-order valence-corrected chi connectivity index (χ0v) is 12.1. The van der Waals surface area contributed by atoms with E-state index in [9.17, 15) is 8.42 Å². The Kier molecular flexibility index (Phi) is 5.04. The van der Waals surface area contributed by atoms with Gasteiger partial charge in [0.25, 0.3) is 0 Å². The Balaban J connectivity index is 2.98. The lowest BCUT2D eigenvalue weighted by molar-refractivity contribution is 0.322. The van der Waals surface area contributed by atoms with Gasteiger partial charge in [0.15, 0.2) is 0 Å². The fraction of sp³-hybridized carbons (Fsp3) is 0.273. The highest BCUT2D eigenvalue weighted by molar-refractivity contribution is 7.89. The van der Waals surface area contributed by atoms with Crippen LogP contribution in [-0.2, 0) is 10.0 Å². The van der Waals surface area contributed by atoms with Gasteiger partial charge in [0.1, 0.15) is 15.7 Å². The molecule has 0 saturated carbocycles. The fourth-order valence-corrected chi connectivity index (χ4v) is 2.54. The van der Waals surface area contributed by atoms with Crippen LogP contribution in [-0.4, -0.2) is 15.0 Å².